The van der Waals surface area contributed by atoms with E-state index in [0.29, 0.717) is 22.0 Å². The molecule has 1 atom stereocenters. The van der Waals surface area contributed by atoms with Crippen molar-refractivity contribution in [2.24, 2.45) is 0 Å². The summed E-state index contributed by atoms with van der Waals surface area (Å²) < 4.78 is 19.4. The van der Waals surface area contributed by atoms with Gasteiger partial charge < -0.3 is 15.4 Å². The molecule has 31 heavy (non-hydrogen) atoms. The van der Waals surface area contributed by atoms with Gasteiger partial charge in [0, 0.05) is 21.3 Å². The number of carbonyl (C=O) groups is 2. The van der Waals surface area contributed by atoms with E-state index in [1.165, 1.54) is 19.1 Å². The zero-order valence-electron chi connectivity index (χ0n) is 16.7. The standard InChI is InChI=1S/C23H19Cl2FN2O3/c1-13-18(25)4-3-5-20(13)27-23(30)15-6-9-17(10-7-15)31-14(2)22(29)28-21-11-8-16(24)12-19(21)26/h3-12,14H,1-2H3,(H,27,30)(H,28,29). The maximum atomic E-state index is 13.8. The Balaban J connectivity index is 1.61. The zero-order valence-corrected chi connectivity index (χ0v) is 18.2. The van der Waals surface area contributed by atoms with Gasteiger partial charge in [-0.25, -0.2) is 4.39 Å². The molecule has 2 N–H and O–H groups in total. The molecule has 160 valence electrons. The molecule has 0 radical (unpaired) electrons. The maximum Gasteiger partial charge on any atom is 0.265 e. The number of hydrogen-bond donors (Lipinski definition) is 2. The fraction of sp³-hybridized carbons (Fsp3) is 0.130. The summed E-state index contributed by atoms with van der Waals surface area (Å²) in [5.74, 6) is -1.09. The second-order valence-corrected chi connectivity index (χ2v) is 7.61. The van der Waals surface area contributed by atoms with Crippen LogP contribution in [0.15, 0.2) is 60.7 Å². The normalized spacial score (nSPS) is 11.5. The van der Waals surface area contributed by atoms with Gasteiger partial charge in [-0.3, -0.25) is 9.59 Å². The average Bonchev–Trinajstić information content (AvgIpc) is 2.73. The van der Waals surface area contributed by atoms with Gasteiger partial charge in [-0.2, -0.15) is 0 Å². The first-order valence-corrected chi connectivity index (χ1v) is 10.1. The number of halogens is 3. The fourth-order valence-electron chi connectivity index (χ4n) is 2.71. The number of carbonyl (C=O) groups excluding carboxylic acids is 2. The summed E-state index contributed by atoms with van der Waals surface area (Å²) in [5, 5.41) is 6.05. The van der Waals surface area contributed by atoms with E-state index >= 15 is 0 Å². The molecule has 0 heterocycles. The quantitative estimate of drug-likeness (QED) is 0.466. The molecule has 0 aliphatic carbocycles. The van der Waals surface area contributed by atoms with E-state index in [1.54, 1.807) is 42.5 Å². The molecule has 0 bridgehead atoms. The van der Waals surface area contributed by atoms with Crippen molar-refractivity contribution in [1.29, 1.82) is 0 Å². The van der Waals surface area contributed by atoms with Crippen molar-refractivity contribution in [2.75, 3.05) is 10.6 Å². The van der Waals surface area contributed by atoms with Crippen molar-refractivity contribution in [3.8, 4) is 5.75 Å². The van der Waals surface area contributed by atoms with E-state index < -0.39 is 17.8 Å². The molecule has 0 spiro atoms. The van der Waals surface area contributed by atoms with Gasteiger partial charge in [0.1, 0.15) is 11.6 Å². The van der Waals surface area contributed by atoms with Crippen LogP contribution in [0.1, 0.15) is 22.8 Å². The lowest BCUT2D eigenvalue weighted by molar-refractivity contribution is -0.122. The van der Waals surface area contributed by atoms with Crippen LogP contribution in [0.4, 0.5) is 15.8 Å². The Kier molecular flexibility index (Phi) is 7.15. The van der Waals surface area contributed by atoms with Crippen LogP contribution in [0.3, 0.4) is 0 Å². The summed E-state index contributed by atoms with van der Waals surface area (Å²) in [6.45, 7) is 3.35. The highest BCUT2D eigenvalue weighted by Crippen LogP contribution is 2.24. The van der Waals surface area contributed by atoms with Crippen molar-refractivity contribution in [3.63, 3.8) is 0 Å². The topological polar surface area (TPSA) is 67.4 Å². The van der Waals surface area contributed by atoms with E-state index in [4.69, 9.17) is 27.9 Å². The molecule has 0 saturated carbocycles. The smallest absolute Gasteiger partial charge is 0.265 e. The first kappa shape index (κ1) is 22.6. The lowest BCUT2D eigenvalue weighted by atomic mass is 10.1. The molecule has 0 aliphatic heterocycles. The zero-order chi connectivity index (χ0) is 22.5. The minimum absolute atomic E-state index is 0.00757. The van der Waals surface area contributed by atoms with Crippen molar-refractivity contribution in [2.45, 2.75) is 20.0 Å². The first-order valence-electron chi connectivity index (χ1n) is 9.33. The van der Waals surface area contributed by atoms with Gasteiger partial charge in [-0.15, -0.1) is 0 Å². The van der Waals surface area contributed by atoms with Crippen molar-refractivity contribution < 1.29 is 18.7 Å². The Morgan fingerprint density at radius 3 is 2.35 bits per heavy atom. The van der Waals surface area contributed by atoms with Gasteiger partial charge in [0.2, 0.25) is 0 Å². The third kappa shape index (κ3) is 5.75. The van der Waals surface area contributed by atoms with Crippen LogP contribution >= 0.6 is 23.2 Å². The predicted molar refractivity (Wildman–Crippen MR) is 121 cm³/mol. The van der Waals surface area contributed by atoms with E-state index in [1.807, 2.05) is 6.92 Å². The summed E-state index contributed by atoms with van der Waals surface area (Å²) >= 11 is 11.8. The molecule has 3 rings (SSSR count). The highest BCUT2D eigenvalue weighted by atomic mass is 35.5. The van der Waals surface area contributed by atoms with E-state index in [-0.39, 0.29) is 16.6 Å². The number of benzene rings is 3. The number of hydrogen-bond acceptors (Lipinski definition) is 3. The number of rotatable bonds is 6. The summed E-state index contributed by atoms with van der Waals surface area (Å²) in [4.78, 5) is 24.8. The number of amides is 2. The van der Waals surface area contributed by atoms with Crippen LogP contribution in [0.5, 0.6) is 5.75 Å². The minimum Gasteiger partial charge on any atom is -0.481 e. The molecule has 3 aromatic carbocycles. The predicted octanol–water partition coefficient (Wildman–Crippen LogP) is 6.10. The molecular formula is C23H19Cl2FN2O3. The van der Waals surface area contributed by atoms with Crippen LogP contribution in [0, 0.1) is 12.7 Å². The monoisotopic (exact) mass is 460 g/mol. The molecule has 5 nitrogen and oxygen atoms in total. The lowest BCUT2D eigenvalue weighted by Gasteiger charge is -2.15. The summed E-state index contributed by atoms with van der Waals surface area (Å²) in [6, 6.07) is 15.5. The van der Waals surface area contributed by atoms with Crippen LogP contribution in [0.2, 0.25) is 10.0 Å². The molecule has 8 heteroatoms. The second-order valence-electron chi connectivity index (χ2n) is 6.76. The molecule has 0 saturated heterocycles. The SMILES string of the molecule is Cc1c(Cl)cccc1NC(=O)c1ccc(OC(C)C(=O)Nc2ccc(Cl)cc2F)cc1. The third-order valence-corrected chi connectivity index (χ3v) is 5.15. The number of anilines is 2. The Bertz CT molecular complexity index is 1120. The van der Waals surface area contributed by atoms with Gasteiger partial charge in [-0.05, 0) is 74.0 Å². The van der Waals surface area contributed by atoms with Gasteiger partial charge in [-0.1, -0.05) is 29.3 Å². The highest BCUT2D eigenvalue weighted by Gasteiger charge is 2.17. The molecule has 3 aromatic rings. The van der Waals surface area contributed by atoms with Gasteiger partial charge in [0.25, 0.3) is 11.8 Å². The van der Waals surface area contributed by atoms with Crippen molar-refractivity contribution >= 4 is 46.4 Å². The van der Waals surface area contributed by atoms with Crippen molar-refractivity contribution in [1.82, 2.24) is 0 Å². The second kappa shape index (κ2) is 9.81. The average molecular weight is 461 g/mol. The van der Waals surface area contributed by atoms with Crippen LogP contribution < -0.4 is 15.4 Å². The molecule has 1 unspecified atom stereocenters. The lowest BCUT2D eigenvalue weighted by Crippen LogP contribution is -2.30. The molecule has 0 aromatic heterocycles. The highest BCUT2D eigenvalue weighted by molar-refractivity contribution is 6.32. The minimum atomic E-state index is -0.899. The molecular weight excluding hydrogens is 442 g/mol. The Morgan fingerprint density at radius 2 is 1.68 bits per heavy atom. The Labute approximate surface area is 189 Å². The summed E-state index contributed by atoms with van der Waals surface area (Å²) in [7, 11) is 0. The van der Waals surface area contributed by atoms with Crippen LogP contribution in [-0.4, -0.2) is 17.9 Å². The van der Waals surface area contributed by atoms with Gasteiger partial charge in [0.15, 0.2) is 6.10 Å². The third-order valence-electron chi connectivity index (χ3n) is 4.50. The summed E-state index contributed by atoms with van der Waals surface area (Å²) in [6.07, 6.45) is -0.899. The molecule has 2 amide bonds. The fourth-order valence-corrected chi connectivity index (χ4v) is 3.04. The van der Waals surface area contributed by atoms with E-state index in [9.17, 15) is 14.0 Å². The van der Waals surface area contributed by atoms with Crippen LogP contribution in [0.25, 0.3) is 0 Å². The molecule has 0 aliphatic rings. The van der Waals surface area contributed by atoms with Gasteiger partial charge >= 0.3 is 0 Å². The van der Waals surface area contributed by atoms with E-state index in [2.05, 4.69) is 10.6 Å². The Morgan fingerprint density at radius 1 is 0.968 bits per heavy atom. The largest absolute Gasteiger partial charge is 0.481 e. The first-order chi connectivity index (χ1) is 14.7. The number of nitrogens with one attached hydrogen (secondary N) is 2. The maximum absolute atomic E-state index is 13.8. The Hall–Kier alpha value is -3.09. The van der Waals surface area contributed by atoms with Crippen molar-refractivity contribution in [3.05, 3.63) is 87.7 Å². The van der Waals surface area contributed by atoms with Crippen LogP contribution in [-0.2, 0) is 4.79 Å². The van der Waals surface area contributed by atoms with Gasteiger partial charge in [0.05, 0.1) is 5.69 Å². The van der Waals surface area contributed by atoms with E-state index in [0.717, 1.165) is 11.6 Å². The summed E-state index contributed by atoms with van der Waals surface area (Å²) in [5.41, 5.74) is 1.81. The molecule has 0 fully saturated rings. The number of ether oxygens (including phenoxy) is 1.